The molecule has 0 spiro atoms. The van der Waals surface area contributed by atoms with Crippen molar-refractivity contribution in [1.29, 1.82) is 0 Å². The summed E-state index contributed by atoms with van der Waals surface area (Å²) in [6.45, 7) is 9.01. The lowest BCUT2D eigenvalue weighted by atomic mass is 10.4. The summed E-state index contributed by atoms with van der Waals surface area (Å²) in [6, 6.07) is 0. The number of hydrogen-bond acceptors (Lipinski definition) is 2. The van der Waals surface area contributed by atoms with Crippen LogP contribution in [0.25, 0.3) is 0 Å². The molecule has 0 aliphatic carbocycles. The summed E-state index contributed by atoms with van der Waals surface area (Å²) in [4.78, 5) is 10.9. The Labute approximate surface area is 79.5 Å². The number of ether oxygens (including phenoxy) is 1. The summed E-state index contributed by atoms with van der Waals surface area (Å²) in [7, 11) is 0. The van der Waals surface area contributed by atoms with E-state index < -0.39 is 0 Å². The molecule has 1 N–H and O–H groups in total. The highest BCUT2D eigenvalue weighted by atomic mass is 16.5. The van der Waals surface area contributed by atoms with Gasteiger partial charge in [-0.05, 0) is 19.9 Å². The number of carbonyl (C=O) groups excluding carboxylic acids is 1. The van der Waals surface area contributed by atoms with Crippen molar-refractivity contribution < 1.29 is 9.53 Å². The Morgan fingerprint density at radius 1 is 1.62 bits per heavy atom. The van der Waals surface area contributed by atoms with Gasteiger partial charge in [-0.3, -0.25) is 4.79 Å². The third kappa shape index (κ3) is 8.82. The highest BCUT2D eigenvalue weighted by Crippen LogP contribution is 1.86. The van der Waals surface area contributed by atoms with Gasteiger partial charge in [-0.25, -0.2) is 0 Å². The second-order valence-corrected chi connectivity index (χ2v) is 2.80. The molecule has 0 aromatic rings. The number of rotatable bonds is 6. The Hall–Kier alpha value is -1.09. The van der Waals surface area contributed by atoms with Gasteiger partial charge in [0.15, 0.2) is 0 Å². The van der Waals surface area contributed by atoms with Gasteiger partial charge in [-0.1, -0.05) is 18.2 Å². The number of nitrogens with one attached hydrogen (secondary N) is 1. The topological polar surface area (TPSA) is 38.3 Å². The predicted molar refractivity (Wildman–Crippen MR) is 53.5 cm³/mol. The first-order valence-electron chi connectivity index (χ1n) is 4.29. The van der Waals surface area contributed by atoms with Crippen LogP contribution in [0.3, 0.4) is 0 Å². The zero-order valence-electron chi connectivity index (χ0n) is 8.30. The SMILES string of the molecule is C=C(C)COCCNC(=O)/C=C/C. The molecule has 3 nitrogen and oxygen atoms in total. The molecule has 0 radical (unpaired) electrons. The van der Waals surface area contributed by atoms with Gasteiger partial charge in [-0.2, -0.15) is 0 Å². The van der Waals surface area contributed by atoms with Crippen molar-refractivity contribution >= 4 is 5.91 Å². The van der Waals surface area contributed by atoms with E-state index in [4.69, 9.17) is 4.74 Å². The van der Waals surface area contributed by atoms with Crippen molar-refractivity contribution in [3.05, 3.63) is 24.3 Å². The summed E-state index contributed by atoms with van der Waals surface area (Å²) in [5, 5.41) is 2.68. The lowest BCUT2D eigenvalue weighted by Crippen LogP contribution is -2.25. The number of amides is 1. The van der Waals surface area contributed by atoms with Gasteiger partial charge in [0, 0.05) is 6.54 Å². The van der Waals surface area contributed by atoms with Gasteiger partial charge in [0.05, 0.1) is 13.2 Å². The summed E-state index contributed by atoms with van der Waals surface area (Å²) in [6.07, 6.45) is 3.18. The van der Waals surface area contributed by atoms with E-state index in [0.717, 1.165) is 5.57 Å². The summed E-state index contributed by atoms with van der Waals surface area (Å²) < 4.78 is 5.19. The third-order valence-corrected chi connectivity index (χ3v) is 1.21. The Morgan fingerprint density at radius 2 is 2.31 bits per heavy atom. The van der Waals surface area contributed by atoms with Crippen LogP contribution >= 0.6 is 0 Å². The molecule has 0 aliphatic heterocycles. The van der Waals surface area contributed by atoms with Crippen LogP contribution in [0.4, 0.5) is 0 Å². The molecule has 0 aliphatic rings. The molecule has 3 heteroatoms. The number of hydrogen-bond donors (Lipinski definition) is 1. The van der Waals surface area contributed by atoms with Crippen LogP contribution in [0.5, 0.6) is 0 Å². The lowest BCUT2D eigenvalue weighted by molar-refractivity contribution is -0.116. The molecule has 74 valence electrons. The van der Waals surface area contributed by atoms with Gasteiger partial charge in [0.1, 0.15) is 0 Å². The fourth-order valence-electron chi connectivity index (χ4n) is 0.703. The average molecular weight is 183 g/mol. The molecule has 0 heterocycles. The molecule has 0 saturated heterocycles. The van der Waals surface area contributed by atoms with Crippen LogP contribution in [-0.2, 0) is 9.53 Å². The molecule has 0 atom stereocenters. The highest BCUT2D eigenvalue weighted by Gasteiger charge is 1.92. The van der Waals surface area contributed by atoms with E-state index in [9.17, 15) is 4.79 Å². The molecular formula is C10H17NO2. The number of allylic oxidation sites excluding steroid dienone is 1. The Kier molecular flexibility index (Phi) is 6.92. The van der Waals surface area contributed by atoms with E-state index in [1.54, 1.807) is 13.0 Å². The molecule has 0 saturated carbocycles. The largest absolute Gasteiger partial charge is 0.375 e. The van der Waals surface area contributed by atoms with Crippen LogP contribution in [0, 0.1) is 0 Å². The van der Waals surface area contributed by atoms with Crippen molar-refractivity contribution in [3.63, 3.8) is 0 Å². The second kappa shape index (κ2) is 7.55. The minimum absolute atomic E-state index is 0.0820. The smallest absolute Gasteiger partial charge is 0.243 e. The summed E-state index contributed by atoms with van der Waals surface area (Å²) >= 11 is 0. The normalized spacial score (nSPS) is 10.3. The molecule has 0 aromatic carbocycles. The molecule has 0 unspecified atom stereocenters. The first-order valence-corrected chi connectivity index (χ1v) is 4.29. The average Bonchev–Trinajstić information content (AvgIpc) is 2.03. The van der Waals surface area contributed by atoms with Crippen molar-refractivity contribution in [2.45, 2.75) is 13.8 Å². The lowest BCUT2D eigenvalue weighted by Gasteiger charge is -2.03. The van der Waals surface area contributed by atoms with Crippen molar-refractivity contribution in [2.24, 2.45) is 0 Å². The predicted octanol–water partition coefficient (Wildman–Crippen LogP) is 1.27. The second-order valence-electron chi connectivity index (χ2n) is 2.80. The van der Waals surface area contributed by atoms with Gasteiger partial charge in [-0.15, -0.1) is 0 Å². The van der Waals surface area contributed by atoms with Crippen LogP contribution in [0.15, 0.2) is 24.3 Å². The van der Waals surface area contributed by atoms with Gasteiger partial charge >= 0.3 is 0 Å². The molecule has 0 aromatic heterocycles. The van der Waals surface area contributed by atoms with E-state index in [0.29, 0.717) is 19.8 Å². The van der Waals surface area contributed by atoms with Gasteiger partial charge in [0.25, 0.3) is 0 Å². The first kappa shape index (κ1) is 11.9. The van der Waals surface area contributed by atoms with Crippen LogP contribution < -0.4 is 5.32 Å². The van der Waals surface area contributed by atoms with Crippen LogP contribution in [0.1, 0.15) is 13.8 Å². The molecule has 0 bridgehead atoms. The standard InChI is InChI=1S/C10H17NO2/c1-4-5-10(12)11-6-7-13-8-9(2)3/h4-5H,2,6-8H2,1,3H3,(H,11,12)/b5-4+. The quantitative estimate of drug-likeness (QED) is 0.382. The number of carbonyl (C=O) groups is 1. The molecule has 1 amide bonds. The maximum atomic E-state index is 10.9. The van der Waals surface area contributed by atoms with Crippen molar-refractivity contribution in [3.8, 4) is 0 Å². The Balaban J connectivity index is 3.25. The van der Waals surface area contributed by atoms with Crippen LogP contribution in [-0.4, -0.2) is 25.7 Å². The van der Waals surface area contributed by atoms with E-state index in [-0.39, 0.29) is 5.91 Å². The zero-order chi connectivity index (χ0) is 10.1. The minimum atomic E-state index is -0.0820. The summed E-state index contributed by atoms with van der Waals surface area (Å²) in [5.74, 6) is -0.0820. The van der Waals surface area contributed by atoms with E-state index >= 15 is 0 Å². The van der Waals surface area contributed by atoms with E-state index in [1.165, 1.54) is 6.08 Å². The minimum Gasteiger partial charge on any atom is -0.375 e. The fourth-order valence-corrected chi connectivity index (χ4v) is 0.703. The van der Waals surface area contributed by atoms with Gasteiger partial charge < -0.3 is 10.1 Å². The third-order valence-electron chi connectivity index (χ3n) is 1.21. The molecule has 13 heavy (non-hydrogen) atoms. The maximum absolute atomic E-state index is 10.9. The zero-order valence-corrected chi connectivity index (χ0v) is 8.30. The fraction of sp³-hybridized carbons (Fsp3) is 0.500. The van der Waals surface area contributed by atoms with Gasteiger partial charge in [0.2, 0.25) is 5.91 Å². The highest BCUT2D eigenvalue weighted by molar-refractivity contribution is 5.87. The first-order chi connectivity index (χ1) is 6.16. The maximum Gasteiger partial charge on any atom is 0.243 e. The summed E-state index contributed by atoms with van der Waals surface area (Å²) in [5.41, 5.74) is 0.986. The van der Waals surface area contributed by atoms with E-state index in [2.05, 4.69) is 11.9 Å². The van der Waals surface area contributed by atoms with Crippen molar-refractivity contribution in [1.82, 2.24) is 5.32 Å². The molecular weight excluding hydrogens is 166 g/mol. The Morgan fingerprint density at radius 3 is 2.85 bits per heavy atom. The van der Waals surface area contributed by atoms with Crippen molar-refractivity contribution in [2.75, 3.05) is 19.8 Å². The van der Waals surface area contributed by atoms with E-state index in [1.807, 2.05) is 6.92 Å². The van der Waals surface area contributed by atoms with Crippen LogP contribution in [0.2, 0.25) is 0 Å². The Bertz CT molecular complexity index is 197. The molecule has 0 fully saturated rings. The molecule has 0 rings (SSSR count). The monoisotopic (exact) mass is 183 g/mol.